The molecule has 2 N–H and O–H groups in total. The molecule has 0 unspecified atom stereocenters. The van der Waals surface area contributed by atoms with E-state index in [0.717, 1.165) is 13.2 Å². The zero-order valence-electron chi connectivity index (χ0n) is 11.1. The Labute approximate surface area is 94.5 Å². The van der Waals surface area contributed by atoms with E-state index in [2.05, 4.69) is 41.5 Å². The Kier molecular flexibility index (Phi) is 9.31. The van der Waals surface area contributed by atoms with Gasteiger partial charge in [-0.15, -0.1) is 0 Å². The summed E-state index contributed by atoms with van der Waals surface area (Å²) in [4.78, 5) is 0. The Morgan fingerprint density at radius 2 is 1.00 bits per heavy atom. The van der Waals surface area contributed by atoms with Crippen molar-refractivity contribution < 1.29 is 14.9 Å². The zero-order valence-corrected chi connectivity index (χ0v) is 11.1. The Bertz CT molecular complexity index is 115. The first-order valence-corrected chi connectivity index (χ1v) is 5.42. The predicted molar refractivity (Wildman–Crippen MR) is 63.9 cm³/mol. The van der Waals surface area contributed by atoms with Gasteiger partial charge in [-0.1, -0.05) is 41.5 Å². The lowest BCUT2D eigenvalue weighted by Gasteiger charge is -2.23. The van der Waals surface area contributed by atoms with Gasteiger partial charge in [0.05, 0.1) is 26.4 Å². The van der Waals surface area contributed by atoms with Gasteiger partial charge in [-0.05, 0) is 10.8 Å². The van der Waals surface area contributed by atoms with E-state index < -0.39 is 0 Å². The third kappa shape index (κ3) is 24.8. The third-order valence-corrected chi connectivity index (χ3v) is 1.17. The van der Waals surface area contributed by atoms with Crippen LogP contribution in [-0.4, -0.2) is 36.6 Å². The summed E-state index contributed by atoms with van der Waals surface area (Å²) in [5, 5.41) is 15.2. The molecule has 0 saturated carbocycles. The molecule has 0 fully saturated rings. The van der Waals surface area contributed by atoms with Gasteiger partial charge in [-0.2, -0.15) is 0 Å². The van der Waals surface area contributed by atoms with E-state index in [1.807, 2.05) is 0 Å². The Balaban J connectivity index is 0. The van der Waals surface area contributed by atoms with Crippen molar-refractivity contribution >= 4 is 0 Å². The van der Waals surface area contributed by atoms with E-state index >= 15 is 0 Å². The van der Waals surface area contributed by atoms with Crippen molar-refractivity contribution in [3.63, 3.8) is 0 Å². The highest BCUT2D eigenvalue weighted by atomic mass is 16.5. The van der Waals surface area contributed by atoms with Crippen molar-refractivity contribution in [3.05, 3.63) is 0 Å². The molecule has 0 atom stereocenters. The summed E-state index contributed by atoms with van der Waals surface area (Å²) in [6.45, 7) is 14.6. The highest BCUT2D eigenvalue weighted by Crippen LogP contribution is 2.17. The second-order valence-corrected chi connectivity index (χ2v) is 6.06. The van der Waals surface area contributed by atoms with Gasteiger partial charge in [0.2, 0.25) is 0 Å². The van der Waals surface area contributed by atoms with E-state index in [4.69, 9.17) is 14.9 Å². The number of hydrogen-bond donors (Lipinski definition) is 2. The van der Waals surface area contributed by atoms with E-state index in [0.29, 0.717) is 10.8 Å². The highest BCUT2D eigenvalue weighted by molar-refractivity contribution is 4.63. The van der Waals surface area contributed by atoms with Gasteiger partial charge in [0.15, 0.2) is 0 Å². The largest absolute Gasteiger partial charge is 0.394 e. The maximum atomic E-state index is 7.62. The van der Waals surface area contributed by atoms with E-state index in [-0.39, 0.29) is 13.2 Å². The minimum Gasteiger partial charge on any atom is -0.394 e. The van der Waals surface area contributed by atoms with Crippen LogP contribution in [0.1, 0.15) is 41.5 Å². The molecule has 0 saturated heterocycles. The van der Waals surface area contributed by atoms with Crippen molar-refractivity contribution in [3.8, 4) is 0 Å². The first-order chi connectivity index (χ1) is 6.62. The van der Waals surface area contributed by atoms with Crippen LogP contribution in [0.4, 0.5) is 0 Å². The highest BCUT2D eigenvalue weighted by Gasteiger charge is 2.14. The van der Waals surface area contributed by atoms with Crippen molar-refractivity contribution in [1.82, 2.24) is 0 Å². The summed E-state index contributed by atoms with van der Waals surface area (Å²) < 4.78 is 5.56. The van der Waals surface area contributed by atoms with Crippen LogP contribution in [0.15, 0.2) is 0 Å². The third-order valence-electron chi connectivity index (χ3n) is 1.17. The van der Waals surface area contributed by atoms with Crippen LogP contribution in [-0.2, 0) is 4.74 Å². The first kappa shape index (κ1) is 17.3. The fraction of sp³-hybridized carbons (Fsp3) is 1.00. The predicted octanol–water partition coefficient (Wildman–Crippen LogP) is 2.07. The lowest BCUT2D eigenvalue weighted by Crippen LogP contribution is -2.21. The fourth-order valence-electron chi connectivity index (χ4n) is 0.663. The van der Waals surface area contributed by atoms with Crippen LogP contribution in [0.3, 0.4) is 0 Å². The SMILES string of the molecule is CC(C)(C)COCC(C)(C)C.OCCO. The maximum absolute atomic E-state index is 7.62. The van der Waals surface area contributed by atoms with Crippen LogP contribution < -0.4 is 0 Å². The van der Waals surface area contributed by atoms with Gasteiger partial charge in [-0.25, -0.2) is 0 Å². The van der Waals surface area contributed by atoms with Gasteiger partial charge in [-0.3, -0.25) is 0 Å². The number of ether oxygens (including phenoxy) is 1. The van der Waals surface area contributed by atoms with Gasteiger partial charge in [0, 0.05) is 0 Å². The molecule has 0 rings (SSSR count). The number of aliphatic hydroxyl groups is 2. The Morgan fingerprint density at radius 3 is 1.13 bits per heavy atom. The molecule has 0 aromatic carbocycles. The van der Waals surface area contributed by atoms with Gasteiger partial charge in [0.1, 0.15) is 0 Å². The second kappa shape index (κ2) is 8.08. The molecule has 0 aromatic rings. The van der Waals surface area contributed by atoms with Gasteiger partial charge < -0.3 is 14.9 Å². The summed E-state index contributed by atoms with van der Waals surface area (Å²) in [7, 11) is 0. The molecule has 0 spiro atoms. The molecule has 0 aliphatic heterocycles. The Hall–Kier alpha value is -0.120. The molecule has 0 aliphatic rings. The fourth-order valence-corrected chi connectivity index (χ4v) is 0.663. The van der Waals surface area contributed by atoms with Crippen LogP contribution >= 0.6 is 0 Å². The molecule has 94 valence electrons. The van der Waals surface area contributed by atoms with E-state index in [9.17, 15) is 0 Å². The first-order valence-electron chi connectivity index (χ1n) is 5.42. The quantitative estimate of drug-likeness (QED) is 0.765. The molecule has 3 heteroatoms. The summed E-state index contributed by atoms with van der Waals surface area (Å²) in [5.41, 5.74) is 0.594. The lowest BCUT2D eigenvalue weighted by atomic mass is 9.97. The molecule has 0 heterocycles. The smallest absolute Gasteiger partial charge is 0.0662 e. The Morgan fingerprint density at radius 1 is 0.733 bits per heavy atom. The number of aliphatic hydroxyl groups excluding tert-OH is 2. The standard InChI is InChI=1S/C10H22O.C2H6O2/c1-9(2,3)7-11-8-10(4,5)6;3-1-2-4/h7-8H2,1-6H3;3-4H,1-2H2. The topological polar surface area (TPSA) is 49.7 Å². The molecular weight excluding hydrogens is 192 g/mol. The summed E-state index contributed by atoms with van der Waals surface area (Å²) in [6.07, 6.45) is 0. The van der Waals surface area contributed by atoms with E-state index in [1.54, 1.807) is 0 Å². The molecule has 0 amide bonds. The molecular formula is C12H28O3. The molecule has 0 aromatic heterocycles. The average molecular weight is 220 g/mol. The lowest BCUT2D eigenvalue weighted by molar-refractivity contribution is 0.0275. The van der Waals surface area contributed by atoms with Crippen LogP contribution in [0, 0.1) is 10.8 Å². The van der Waals surface area contributed by atoms with Crippen molar-refractivity contribution in [2.75, 3.05) is 26.4 Å². The molecule has 0 bridgehead atoms. The molecule has 3 nitrogen and oxygen atoms in total. The second-order valence-electron chi connectivity index (χ2n) is 6.06. The molecule has 15 heavy (non-hydrogen) atoms. The summed E-state index contributed by atoms with van der Waals surface area (Å²) in [5.74, 6) is 0. The normalized spacial score (nSPS) is 12.0. The monoisotopic (exact) mass is 220 g/mol. The van der Waals surface area contributed by atoms with Crippen LogP contribution in [0.25, 0.3) is 0 Å². The van der Waals surface area contributed by atoms with Crippen LogP contribution in [0.2, 0.25) is 0 Å². The average Bonchev–Trinajstić information content (AvgIpc) is 2.00. The summed E-state index contributed by atoms with van der Waals surface area (Å²) >= 11 is 0. The van der Waals surface area contributed by atoms with Crippen molar-refractivity contribution in [2.45, 2.75) is 41.5 Å². The van der Waals surface area contributed by atoms with Crippen molar-refractivity contribution in [1.29, 1.82) is 0 Å². The number of rotatable bonds is 3. The molecule has 0 aliphatic carbocycles. The minimum atomic E-state index is -0.125. The minimum absolute atomic E-state index is 0.125. The maximum Gasteiger partial charge on any atom is 0.0662 e. The summed E-state index contributed by atoms with van der Waals surface area (Å²) in [6, 6.07) is 0. The van der Waals surface area contributed by atoms with Crippen molar-refractivity contribution in [2.24, 2.45) is 10.8 Å². The van der Waals surface area contributed by atoms with Gasteiger partial charge in [0.25, 0.3) is 0 Å². The molecule has 0 radical (unpaired) electrons. The number of hydrogen-bond acceptors (Lipinski definition) is 3. The van der Waals surface area contributed by atoms with Crippen LogP contribution in [0.5, 0.6) is 0 Å². The zero-order chi connectivity index (χ0) is 12.5. The van der Waals surface area contributed by atoms with Gasteiger partial charge >= 0.3 is 0 Å². The van der Waals surface area contributed by atoms with E-state index in [1.165, 1.54) is 0 Å².